The summed E-state index contributed by atoms with van der Waals surface area (Å²) in [5.74, 6) is -0.809. The minimum absolute atomic E-state index is 0.0861. The van der Waals surface area contributed by atoms with E-state index in [9.17, 15) is 10.1 Å². The van der Waals surface area contributed by atoms with Crippen molar-refractivity contribution in [3.8, 4) is 6.07 Å². The number of thiophene rings is 1. The van der Waals surface area contributed by atoms with Crippen LogP contribution >= 0.6 is 11.3 Å². The number of nitrogens with zero attached hydrogens (tertiary/aromatic N) is 3. The first-order valence-electron chi connectivity index (χ1n) is 6.98. The first-order valence-corrected chi connectivity index (χ1v) is 7.80. The molecule has 0 aliphatic rings. The van der Waals surface area contributed by atoms with Crippen molar-refractivity contribution in [1.29, 1.82) is 5.26 Å². The summed E-state index contributed by atoms with van der Waals surface area (Å²) >= 11 is 1.58. The Balaban J connectivity index is 2.92. The SMILES string of the molecule is Cc1sc(N(CCCN(C)C)CCC(=O)O)c(C#N)c1C. The molecule has 0 unspecified atom stereocenters. The molecular weight excluding hydrogens is 286 g/mol. The van der Waals surface area contributed by atoms with E-state index in [1.807, 2.05) is 32.8 Å². The molecule has 0 aliphatic heterocycles. The van der Waals surface area contributed by atoms with Crippen LogP contribution in [0, 0.1) is 25.2 Å². The Bertz CT molecular complexity index is 532. The Morgan fingerprint density at radius 2 is 1.95 bits per heavy atom. The molecule has 1 rings (SSSR count). The lowest BCUT2D eigenvalue weighted by Gasteiger charge is -2.24. The first kappa shape index (κ1) is 17.5. The topological polar surface area (TPSA) is 67.6 Å². The Morgan fingerprint density at radius 3 is 2.48 bits per heavy atom. The number of carboxylic acids is 1. The molecule has 0 aliphatic carbocycles. The van der Waals surface area contributed by atoms with Crippen LogP contribution in [0.4, 0.5) is 5.00 Å². The maximum atomic E-state index is 10.8. The highest BCUT2D eigenvalue weighted by molar-refractivity contribution is 7.16. The highest BCUT2D eigenvalue weighted by Gasteiger charge is 2.18. The van der Waals surface area contributed by atoms with E-state index in [-0.39, 0.29) is 6.42 Å². The predicted molar refractivity (Wildman–Crippen MR) is 86.1 cm³/mol. The number of hydrogen-bond acceptors (Lipinski definition) is 5. The number of aryl methyl sites for hydroxylation is 1. The van der Waals surface area contributed by atoms with Crippen molar-refractivity contribution in [2.24, 2.45) is 0 Å². The lowest BCUT2D eigenvalue weighted by Crippen LogP contribution is -2.29. The van der Waals surface area contributed by atoms with Gasteiger partial charge in [-0.2, -0.15) is 5.26 Å². The third-order valence-electron chi connectivity index (χ3n) is 3.39. The molecule has 0 bridgehead atoms. The molecule has 0 spiro atoms. The summed E-state index contributed by atoms with van der Waals surface area (Å²) in [5, 5.41) is 19.2. The van der Waals surface area contributed by atoms with Gasteiger partial charge in [0, 0.05) is 18.0 Å². The Morgan fingerprint density at radius 1 is 1.29 bits per heavy atom. The summed E-state index contributed by atoms with van der Waals surface area (Å²) < 4.78 is 0. The summed E-state index contributed by atoms with van der Waals surface area (Å²) in [4.78, 5) is 16.1. The molecule has 1 heterocycles. The van der Waals surface area contributed by atoms with Crippen molar-refractivity contribution in [2.75, 3.05) is 38.6 Å². The van der Waals surface area contributed by atoms with Crippen molar-refractivity contribution in [3.05, 3.63) is 16.0 Å². The molecule has 0 aromatic carbocycles. The predicted octanol–water partition coefficient (Wildman–Crippen LogP) is 2.47. The van der Waals surface area contributed by atoms with Gasteiger partial charge in [0.05, 0.1) is 12.0 Å². The van der Waals surface area contributed by atoms with Crippen LogP contribution in [-0.4, -0.2) is 49.7 Å². The van der Waals surface area contributed by atoms with Crippen molar-refractivity contribution in [3.63, 3.8) is 0 Å². The van der Waals surface area contributed by atoms with Gasteiger partial charge in [-0.25, -0.2) is 0 Å². The smallest absolute Gasteiger partial charge is 0.305 e. The van der Waals surface area contributed by atoms with E-state index in [4.69, 9.17) is 5.11 Å². The summed E-state index contributed by atoms with van der Waals surface area (Å²) in [6.07, 6.45) is 1.02. The second-order valence-electron chi connectivity index (χ2n) is 5.36. The quantitative estimate of drug-likeness (QED) is 0.799. The molecule has 0 radical (unpaired) electrons. The van der Waals surface area contributed by atoms with Crippen LogP contribution < -0.4 is 4.90 Å². The van der Waals surface area contributed by atoms with Crippen molar-refractivity contribution < 1.29 is 9.90 Å². The highest BCUT2D eigenvalue weighted by Crippen LogP contribution is 2.35. The standard InChI is InChI=1S/C15H23N3O2S/c1-11-12(2)21-15(13(11)10-16)18(9-6-14(19)20)8-5-7-17(3)4/h5-9H2,1-4H3,(H,19,20). The zero-order chi connectivity index (χ0) is 16.0. The van der Waals surface area contributed by atoms with Gasteiger partial charge in [-0.05, 0) is 46.5 Å². The van der Waals surface area contributed by atoms with Gasteiger partial charge < -0.3 is 14.9 Å². The third-order valence-corrected chi connectivity index (χ3v) is 4.66. The van der Waals surface area contributed by atoms with Crippen molar-refractivity contribution >= 4 is 22.3 Å². The van der Waals surface area contributed by atoms with Gasteiger partial charge in [-0.3, -0.25) is 4.79 Å². The van der Waals surface area contributed by atoms with Gasteiger partial charge >= 0.3 is 5.97 Å². The molecule has 6 heteroatoms. The lowest BCUT2D eigenvalue weighted by molar-refractivity contribution is -0.136. The molecule has 0 amide bonds. The lowest BCUT2D eigenvalue weighted by atomic mass is 10.1. The molecule has 0 saturated heterocycles. The second-order valence-corrected chi connectivity index (χ2v) is 6.57. The van der Waals surface area contributed by atoms with E-state index in [0.717, 1.165) is 35.0 Å². The van der Waals surface area contributed by atoms with E-state index >= 15 is 0 Å². The van der Waals surface area contributed by atoms with Gasteiger partial charge in [-0.1, -0.05) is 0 Å². The fourth-order valence-electron chi connectivity index (χ4n) is 2.09. The molecule has 0 fully saturated rings. The zero-order valence-electron chi connectivity index (χ0n) is 13.1. The van der Waals surface area contributed by atoms with Crippen LogP contribution in [-0.2, 0) is 4.79 Å². The van der Waals surface area contributed by atoms with E-state index < -0.39 is 5.97 Å². The minimum Gasteiger partial charge on any atom is -0.481 e. The fraction of sp³-hybridized carbons (Fsp3) is 0.600. The van der Waals surface area contributed by atoms with Crippen molar-refractivity contribution in [1.82, 2.24) is 4.90 Å². The van der Waals surface area contributed by atoms with Crippen LogP contribution in [0.3, 0.4) is 0 Å². The van der Waals surface area contributed by atoms with E-state index in [1.165, 1.54) is 0 Å². The van der Waals surface area contributed by atoms with Gasteiger partial charge in [0.25, 0.3) is 0 Å². The molecule has 1 aromatic heterocycles. The molecular formula is C15H23N3O2S. The summed E-state index contributed by atoms with van der Waals surface area (Å²) in [5.41, 5.74) is 1.69. The summed E-state index contributed by atoms with van der Waals surface area (Å²) in [7, 11) is 4.03. The van der Waals surface area contributed by atoms with Crippen LogP contribution in [0.15, 0.2) is 0 Å². The molecule has 0 atom stereocenters. The molecule has 1 aromatic rings. The molecule has 116 valence electrons. The average molecular weight is 309 g/mol. The third kappa shape index (κ3) is 5.03. The normalized spacial score (nSPS) is 10.7. The summed E-state index contributed by atoms with van der Waals surface area (Å²) in [6.45, 7) is 6.09. The van der Waals surface area contributed by atoms with Crippen LogP contribution in [0.1, 0.15) is 28.8 Å². The number of carboxylic acid groups (broad SMARTS) is 1. The largest absolute Gasteiger partial charge is 0.481 e. The van der Waals surface area contributed by atoms with E-state index in [2.05, 4.69) is 11.0 Å². The van der Waals surface area contributed by atoms with E-state index in [0.29, 0.717) is 12.1 Å². The van der Waals surface area contributed by atoms with Crippen LogP contribution in [0.5, 0.6) is 0 Å². The molecule has 21 heavy (non-hydrogen) atoms. The molecule has 5 nitrogen and oxygen atoms in total. The first-order chi connectivity index (χ1) is 9.86. The molecule has 1 N–H and O–H groups in total. The van der Waals surface area contributed by atoms with E-state index in [1.54, 1.807) is 11.3 Å². The van der Waals surface area contributed by atoms with Gasteiger partial charge in [0.15, 0.2) is 0 Å². The van der Waals surface area contributed by atoms with Gasteiger partial charge in [0.1, 0.15) is 11.1 Å². The van der Waals surface area contributed by atoms with Crippen LogP contribution in [0.25, 0.3) is 0 Å². The second kappa shape index (κ2) is 8.01. The number of hydrogen-bond donors (Lipinski definition) is 1. The monoisotopic (exact) mass is 309 g/mol. The number of rotatable bonds is 8. The van der Waals surface area contributed by atoms with Crippen LogP contribution in [0.2, 0.25) is 0 Å². The highest BCUT2D eigenvalue weighted by atomic mass is 32.1. The fourth-order valence-corrected chi connectivity index (χ4v) is 3.24. The summed E-state index contributed by atoms with van der Waals surface area (Å²) in [6, 6.07) is 2.26. The van der Waals surface area contributed by atoms with Gasteiger partial charge in [-0.15, -0.1) is 11.3 Å². The Kier molecular flexibility index (Phi) is 6.66. The number of carbonyl (C=O) groups is 1. The maximum Gasteiger partial charge on any atom is 0.305 e. The number of nitriles is 1. The zero-order valence-corrected chi connectivity index (χ0v) is 14.0. The Labute approximate surface area is 130 Å². The number of anilines is 1. The maximum absolute atomic E-state index is 10.8. The van der Waals surface area contributed by atoms with Crippen molar-refractivity contribution in [2.45, 2.75) is 26.7 Å². The molecule has 0 saturated carbocycles. The Hall–Kier alpha value is -1.58. The minimum atomic E-state index is -0.809. The average Bonchev–Trinajstić information content (AvgIpc) is 2.68. The number of aliphatic carboxylic acids is 1. The van der Waals surface area contributed by atoms with Gasteiger partial charge in [0.2, 0.25) is 0 Å².